The number of nitrogens with zero attached hydrogens (tertiary/aromatic N) is 4. The zero-order valence-corrected chi connectivity index (χ0v) is 18.2. The highest BCUT2D eigenvalue weighted by atomic mass is 19.3. The molecule has 2 aromatic rings. The fourth-order valence-electron chi connectivity index (χ4n) is 5.02. The van der Waals surface area contributed by atoms with E-state index in [9.17, 15) is 18.4 Å². The van der Waals surface area contributed by atoms with Gasteiger partial charge in [-0.15, -0.1) is 10.2 Å². The van der Waals surface area contributed by atoms with Gasteiger partial charge in [0, 0.05) is 30.8 Å². The smallest absolute Gasteiger partial charge is 0.410 e. The van der Waals surface area contributed by atoms with Crippen LogP contribution in [0.2, 0.25) is 0 Å². The summed E-state index contributed by atoms with van der Waals surface area (Å²) in [6, 6.07) is 4.89. The monoisotopic (exact) mass is 460 g/mol. The van der Waals surface area contributed by atoms with Gasteiger partial charge in [0.05, 0.1) is 6.04 Å². The molecule has 5 rings (SSSR count). The molecule has 0 N–H and O–H groups in total. The number of likely N-dealkylation sites (tertiary alicyclic amines) is 1. The van der Waals surface area contributed by atoms with Crippen LogP contribution in [0.3, 0.4) is 0 Å². The van der Waals surface area contributed by atoms with Gasteiger partial charge in [-0.1, -0.05) is 12.5 Å². The van der Waals surface area contributed by atoms with Gasteiger partial charge >= 0.3 is 12.5 Å². The van der Waals surface area contributed by atoms with Gasteiger partial charge in [-0.05, 0) is 56.2 Å². The molecule has 2 amide bonds. The number of benzene rings is 1. The van der Waals surface area contributed by atoms with Crippen LogP contribution in [0.15, 0.2) is 22.6 Å². The summed E-state index contributed by atoms with van der Waals surface area (Å²) in [5.41, 5.74) is 1.74. The number of fused-ring (bicyclic) bond motifs is 1. The maximum absolute atomic E-state index is 13.3. The number of piperidine rings is 1. The number of halogens is 2. The molecule has 1 aliphatic carbocycles. The molecule has 2 atom stereocenters. The minimum Gasteiger partial charge on any atom is -0.444 e. The summed E-state index contributed by atoms with van der Waals surface area (Å²) >= 11 is 0. The molecule has 0 spiro atoms. The van der Waals surface area contributed by atoms with Crippen molar-refractivity contribution in [1.82, 2.24) is 20.0 Å². The van der Waals surface area contributed by atoms with Gasteiger partial charge in [0.2, 0.25) is 5.89 Å². The maximum Gasteiger partial charge on any atom is 0.410 e. The summed E-state index contributed by atoms with van der Waals surface area (Å²) in [4.78, 5) is 29.6. The third-order valence-corrected chi connectivity index (χ3v) is 6.75. The molecule has 1 aromatic heterocycles. The highest BCUT2D eigenvalue weighted by Crippen LogP contribution is 2.35. The van der Waals surface area contributed by atoms with Crippen molar-refractivity contribution in [3.05, 3.63) is 35.2 Å². The van der Waals surface area contributed by atoms with E-state index < -0.39 is 12.3 Å². The van der Waals surface area contributed by atoms with E-state index >= 15 is 0 Å². The zero-order valence-electron chi connectivity index (χ0n) is 18.2. The van der Waals surface area contributed by atoms with E-state index in [2.05, 4.69) is 10.2 Å². The van der Waals surface area contributed by atoms with E-state index in [1.807, 2.05) is 0 Å². The molecular formula is C23H26F2N4O4. The predicted molar refractivity (Wildman–Crippen MR) is 113 cm³/mol. The summed E-state index contributed by atoms with van der Waals surface area (Å²) in [7, 11) is 0. The fraction of sp³-hybridized carbons (Fsp3) is 0.565. The Bertz CT molecular complexity index is 1040. The van der Waals surface area contributed by atoms with Gasteiger partial charge in [0.25, 0.3) is 11.8 Å². The molecule has 176 valence electrons. The first-order valence-electron chi connectivity index (χ1n) is 11.5. The van der Waals surface area contributed by atoms with Crippen LogP contribution >= 0.6 is 0 Å². The standard InChI is InChI=1S/C23H26F2N4O4/c24-19(25)21-27-26-20(33-21)14-8-9-15-13-29(22(30)16(15)12-14)17-6-2-3-7-18(17)32-23(31)28-10-4-1-5-11-28/h8-9,12,17-19H,1-7,10-11,13H2. The maximum atomic E-state index is 13.3. The quantitative estimate of drug-likeness (QED) is 0.665. The SMILES string of the molecule is O=C(OC1CCCCC1N1Cc2ccc(-c3nnc(C(F)F)o3)cc2C1=O)N1CCCCC1. The van der Waals surface area contributed by atoms with Crippen LogP contribution in [0.5, 0.6) is 0 Å². The Morgan fingerprint density at radius 3 is 2.64 bits per heavy atom. The predicted octanol–water partition coefficient (Wildman–Crippen LogP) is 4.56. The molecule has 1 saturated heterocycles. The number of rotatable bonds is 4. The zero-order chi connectivity index (χ0) is 22.9. The van der Waals surface area contributed by atoms with E-state index in [0.717, 1.165) is 63.6 Å². The van der Waals surface area contributed by atoms with Gasteiger partial charge in [-0.25, -0.2) is 4.79 Å². The first-order valence-corrected chi connectivity index (χ1v) is 11.5. The van der Waals surface area contributed by atoms with Crippen LogP contribution in [0, 0.1) is 0 Å². The molecule has 0 radical (unpaired) electrons. The lowest BCUT2D eigenvalue weighted by Gasteiger charge is -2.38. The number of carbonyl (C=O) groups is 2. The highest BCUT2D eigenvalue weighted by Gasteiger charge is 2.40. The average molecular weight is 460 g/mol. The van der Waals surface area contributed by atoms with E-state index in [0.29, 0.717) is 17.7 Å². The molecule has 2 fully saturated rings. The van der Waals surface area contributed by atoms with Crippen LogP contribution in [0.4, 0.5) is 13.6 Å². The Morgan fingerprint density at radius 2 is 1.88 bits per heavy atom. The number of carbonyl (C=O) groups excluding carboxylic acids is 2. The normalized spacial score (nSPS) is 23.2. The summed E-state index contributed by atoms with van der Waals surface area (Å²) in [6.07, 6.45) is 3.05. The fourth-order valence-corrected chi connectivity index (χ4v) is 5.02. The molecule has 3 aliphatic rings. The Balaban J connectivity index is 1.32. The summed E-state index contributed by atoms with van der Waals surface area (Å²) in [5, 5.41) is 7.03. The third kappa shape index (κ3) is 4.30. The summed E-state index contributed by atoms with van der Waals surface area (Å²) < 4.78 is 36.5. The van der Waals surface area contributed by atoms with Gasteiger partial charge in [-0.3, -0.25) is 4.79 Å². The van der Waals surface area contributed by atoms with Gasteiger partial charge < -0.3 is 19.0 Å². The number of amides is 2. The Kier molecular flexibility index (Phi) is 5.99. The second-order valence-corrected chi connectivity index (χ2v) is 8.87. The molecular weight excluding hydrogens is 434 g/mol. The molecule has 0 bridgehead atoms. The topological polar surface area (TPSA) is 88.8 Å². The molecule has 2 unspecified atom stereocenters. The average Bonchev–Trinajstić information content (AvgIpc) is 3.45. The van der Waals surface area contributed by atoms with Crippen molar-refractivity contribution >= 4 is 12.0 Å². The van der Waals surface area contributed by atoms with Crippen molar-refractivity contribution < 1.29 is 27.5 Å². The second kappa shape index (κ2) is 9.07. The lowest BCUT2D eigenvalue weighted by molar-refractivity contribution is -0.00877. The van der Waals surface area contributed by atoms with E-state index in [4.69, 9.17) is 9.15 Å². The molecule has 8 nitrogen and oxygen atoms in total. The molecule has 10 heteroatoms. The van der Waals surface area contributed by atoms with Crippen LogP contribution in [0.1, 0.15) is 73.2 Å². The highest BCUT2D eigenvalue weighted by molar-refractivity contribution is 5.99. The first-order chi connectivity index (χ1) is 16.0. The van der Waals surface area contributed by atoms with E-state index in [1.165, 1.54) is 0 Å². The van der Waals surface area contributed by atoms with Crippen molar-refractivity contribution in [2.45, 2.75) is 70.1 Å². The first kappa shape index (κ1) is 21.8. The van der Waals surface area contributed by atoms with Gasteiger partial charge in [0.15, 0.2) is 0 Å². The second-order valence-electron chi connectivity index (χ2n) is 8.87. The summed E-state index contributed by atoms with van der Waals surface area (Å²) in [6.45, 7) is 1.86. The van der Waals surface area contributed by atoms with E-state index in [-0.39, 0.29) is 30.0 Å². The number of hydrogen-bond donors (Lipinski definition) is 0. The molecule has 3 heterocycles. The van der Waals surface area contributed by atoms with E-state index in [1.54, 1.807) is 28.0 Å². The van der Waals surface area contributed by atoms with Crippen molar-refractivity contribution in [1.29, 1.82) is 0 Å². The van der Waals surface area contributed by atoms with Crippen molar-refractivity contribution in [2.24, 2.45) is 0 Å². The van der Waals surface area contributed by atoms with Crippen LogP contribution in [0.25, 0.3) is 11.5 Å². The molecule has 2 aliphatic heterocycles. The number of hydrogen-bond acceptors (Lipinski definition) is 6. The minimum atomic E-state index is -2.85. The van der Waals surface area contributed by atoms with Gasteiger partial charge in [-0.2, -0.15) is 8.78 Å². The lowest BCUT2D eigenvalue weighted by atomic mass is 9.91. The summed E-state index contributed by atoms with van der Waals surface area (Å²) in [5.74, 6) is -0.962. The molecule has 1 aromatic carbocycles. The molecule has 1 saturated carbocycles. The Hall–Kier alpha value is -3.04. The Morgan fingerprint density at radius 1 is 1.09 bits per heavy atom. The number of alkyl halides is 2. The van der Waals surface area contributed by atoms with Crippen LogP contribution in [-0.4, -0.2) is 57.2 Å². The van der Waals surface area contributed by atoms with Crippen molar-refractivity contribution in [3.63, 3.8) is 0 Å². The molecule has 33 heavy (non-hydrogen) atoms. The van der Waals surface area contributed by atoms with Crippen LogP contribution < -0.4 is 0 Å². The van der Waals surface area contributed by atoms with Crippen molar-refractivity contribution in [2.75, 3.05) is 13.1 Å². The van der Waals surface area contributed by atoms with Crippen molar-refractivity contribution in [3.8, 4) is 11.5 Å². The largest absolute Gasteiger partial charge is 0.444 e. The Labute approximate surface area is 189 Å². The third-order valence-electron chi connectivity index (χ3n) is 6.75. The van der Waals surface area contributed by atoms with Gasteiger partial charge in [0.1, 0.15) is 6.10 Å². The minimum absolute atomic E-state index is 0.0506. The van der Waals surface area contributed by atoms with Crippen LogP contribution in [-0.2, 0) is 11.3 Å². The number of aromatic nitrogens is 2. The lowest BCUT2D eigenvalue weighted by Crippen LogP contribution is -2.49. The number of ether oxygens (including phenoxy) is 1.